The maximum absolute atomic E-state index is 13.6. The van der Waals surface area contributed by atoms with Gasteiger partial charge in [-0.1, -0.05) is 50.6 Å². The van der Waals surface area contributed by atoms with Crippen LogP contribution in [0.5, 0.6) is 0 Å². The number of aromatic nitrogens is 2. The number of unbranched alkanes of at least 4 members (excludes halogenated alkanes) is 1. The van der Waals surface area contributed by atoms with Gasteiger partial charge in [-0.2, -0.15) is 0 Å². The van der Waals surface area contributed by atoms with Crippen LogP contribution in [0.15, 0.2) is 58.5 Å². The highest BCUT2D eigenvalue weighted by atomic mass is 32.2. The predicted octanol–water partition coefficient (Wildman–Crippen LogP) is 4.34. The molecule has 1 fully saturated rings. The van der Waals surface area contributed by atoms with E-state index in [4.69, 9.17) is 4.98 Å². The van der Waals surface area contributed by atoms with E-state index >= 15 is 0 Å². The van der Waals surface area contributed by atoms with Crippen molar-refractivity contribution in [2.75, 3.05) is 32.7 Å². The van der Waals surface area contributed by atoms with Crippen LogP contribution in [0.2, 0.25) is 0 Å². The zero-order chi connectivity index (χ0) is 24.1. The molecule has 0 spiro atoms. The first-order valence-electron chi connectivity index (χ1n) is 12.0. The number of piperazine rings is 1. The second kappa shape index (κ2) is 11.1. The summed E-state index contributed by atoms with van der Waals surface area (Å²) in [4.78, 5) is 36.1. The van der Waals surface area contributed by atoms with Gasteiger partial charge in [0.25, 0.3) is 5.56 Å². The average molecular weight is 483 g/mol. The first-order valence-corrected chi connectivity index (χ1v) is 12.8. The molecule has 1 unspecified atom stereocenters. The highest BCUT2D eigenvalue weighted by Gasteiger charge is 2.29. The summed E-state index contributed by atoms with van der Waals surface area (Å²) in [7, 11) is 0. The van der Waals surface area contributed by atoms with Gasteiger partial charge >= 0.3 is 0 Å². The van der Waals surface area contributed by atoms with Crippen molar-refractivity contribution in [1.29, 1.82) is 0 Å². The van der Waals surface area contributed by atoms with E-state index in [9.17, 15) is 14.0 Å². The lowest BCUT2D eigenvalue weighted by molar-refractivity contribution is -0.132. The van der Waals surface area contributed by atoms with Gasteiger partial charge in [0.15, 0.2) is 5.16 Å². The molecule has 8 heteroatoms. The molecule has 3 aromatic rings. The van der Waals surface area contributed by atoms with Crippen LogP contribution in [0, 0.1) is 5.82 Å². The number of para-hydroxylation sites is 1. The molecule has 1 aliphatic rings. The van der Waals surface area contributed by atoms with Crippen LogP contribution in [0.3, 0.4) is 0 Å². The minimum Gasteiger partial charge on any atom is -0.339 e. The number of halogens is 1. The van der Waals surface area contributed by atoms with Crippen molar-refractivity contribution in [3.8, 4) is 5.69 Å². The third-order valence-corrected chi connectivity index (χ3v) is 7.51. The monoisotopic (exact) mass is 482 g/mol. The molecule has 2 aromatic carbocycles. The smallest absolute Gasteiger partial charge is 0.266 e. The summed E-state index contributed by atoms with van der Waals surface area (Å²) in [5.74, 6) is -0.274. The lowest BCUT2D eigenvalue weighted by Gasteiger charge is -2.35. The number of fused-ring (bicyclic) bond motifs is 1. The minimum absolute atomic E-state index is 0.0993. The van der Waals surface area contributed by atoms with E-state index in [0.717, 1.165) is 32.5 Å². The van der Waals surface area contributed by atoms with Crippen LogP contribution < -0.4 is 5.56 Å². The van der Waals surface area contributed by atoms with Gasteiger partial charge in [0.05, 0.1) is 21.8 Å². The first-order chi connectivity index (χ1) is 16.5. The van der Waals surface area contributed by atoms with E-state index in [1.54, 1.807) is 24.3 Å². The van der Waals surface area contributed by atoms with E-state index in [1.807, 2.05) is 17.0 Å². The molecule has 1 saturated heterocycles. The fraction of sp³-hybridized carbons (Fsp3) is 0.423. The fourth-order valence-electron chi connectivity index (χ4n) is 4.25. The Bertz CT molecular complexity index is 1190. The number of rotatable bonds is 8. The number of likely N-dealkylation sites (N-methyl/N-ethyl adjacent to an activating group) is 1. The van der Waals surface area contributed by atoms with Gasteiger partial charge in [0.2, 0.25) is 5.91 Å². The summed E-state index contributed by atoms with van der Waals surface area (Å²) in [6.45, 7) is 8.41. The second-order valence-electron chi connectivity index (χ2n) is 8.54. The number of nitrogens with zero attached hydrogens (tertiary/aromatic N) is 4. The molecule has 0 N–H and O–H groups in total. The van der Waals surface area contributed by atoms with Crippen LogP contribution in [0.4, 0.5) is 4.39 Å². The lowest BCUT2D eigenvalue weighted by Crippen LogP contribution is -2.50. The summed E-state index contributed by atoms with van der Waals surface area (Å²) >= 11 is 1.34. The van der Waals surface area contributed by atoms with Crippen molar-refractivity contribution in [2.45, 2.75) is 43.5 Å². The Morgan fingerprint density at radius 2 is 1.76 bits per heavy atom. The molecule has 4 rings (SSSR count). The van der Waals surface area contributed by atoms with Gasteiger partial charge in [-0.3, -0.25) is 14.2 Å². The molecule has 0 aliphatic carbocycles. The SMILES string of the molecule is CCCCC(Sc1nc2ccccc2c(=O)n1-c1ccc(F)cc1)C(=O)N1CCN(CC)CC1. The largest absolute Gasteiger partial charge is 0.339 e. The van der Waals surface area contributed by atoms with Gasteiger partial charge in [-0.05, 0) is 49.4 Å². The summed E-state index contributed by atoms with van der Waals surface area (Å²) in [6, 6.07) is 13.0. The van der Waals surface area contributed by atoms with Crippen LogP contribution in [0.25, 0.3) is 16.6 Å². The Morgan fingerprint density at radius 1 is 1.06 bits per heavy atom. The van der Waals surface area contributed by atoms with E-state index in [1.165, 1.54) is 28.5 Å². The molecule has 1 aliphatic heterocycles. The maximum atomic E-state index is 13.6. The van der Waals surface area contributed by atoms with Crippen LogP contribution in [0.1, 0.15) is 33.1 Å². The first kappa shape index (κ1) is 24.4. The number of hydrogen-bond donors (Lipinski definition) is 0. The third kappa shape index (κ3) is 5.33. The summed E-state index contributed by atoms with van der Waals surface area (Å²) < 4.78 is 15.1. The summed E-state index contributed by atoms with van der Waals surface area (Å²) in [5, 5.41) is 0.605. The highest BCUT2D eigenvalue weighted by molar-refractivity contribution is 8.00. The Balaban J connectivity index is 1.72. The van der Waals surface area contributed by atoms with Crippen molar-refractivity contribution in [2.24, 2.45) is 0 Å². The molecule has 180 valence electrons. The van der Waals surface area contributed by atoms with E-state index in [0.29, 0.717) is 41.3 Å². The lowest BCUT2D eigenvalue weighted by atomic mass is 10.1. The van der Waals surface area contributed by atoms with Gasteiger partial charge < -0.3 is 9.80 Å². The molecule has 6 nitrogen and oxygen atoms in total. The predicted molar refractivity (Wildman–Crippen MR) is 135 cm³/mol. The number of thioether (sulfide) groups is 1. The van der Waals surface area contributed by atoms with Gasteiger partial charge in [0, 0.05) is 26.2 Å². The molecule has 1 aromatic heterocycles. The molecule has 2 heterocycles. The zero-order valence-electron chi connectivity index (χ0n) is 19.7. The van der Waals surface area contributed by atoms with Gasteiger partial charge in [0.1, 0.15) is 5.82 Å². The normalized spacial score (nSPS) is 15.6. The standard InChI is InChI=1S/C26H31FN4O2S/c1-3-5-10-23(25(33)30-17-15-29(4-2)16-18-30)34-26-28-22-9-7-6-8-21(22)24(32)31(26)20-13-11-19(27)12-14-20/h6-9,11-14,23H,3-5,10,15-18H2,1-2H3. The third-order valence-electron chi connectivity index (χ3n) is 6.30. The zero-order valence-corrected chi connectivity index (χ0v) is 20.6. The molecular weight excluding hydrogens is 451 g/mol. The number of hydrogen-bond acceptors (Lipinski definition) is 5. The second-order valence-corrected chi connectivity index (χ2v) is 9.71. The Morgan fingerprint density at radius 3 is 2.44 bits per heavy atom. The molecule has 1 atom stereocenters. The number of carbonyl (C=O) groups is 1. The van der Waals surface area contributed by atoms with Gasteiger partial charge in [-0.25, -0.2) is 9.37 Å². The molecule has 0 radical (unpaired) electrons. The molecule has 1 amide bonds. The Hall–Kier alpha value is -2.71. The van der Waals surface area contributed by atoms with Crippen LogP contribution in [-0.2, 0) is 4.79 Å². The maximum Gasteiger partial charge on any atom is 0.266 e. The Labute approximate surface area is 203 Å². The minimum atomic E-state index is -0.373. The highest BCUT2D eigenvalue weighted by Crippen LogP contribution is 2.29. The number of amides is 1. The summed E-state index contributed by atoms with van der Waals surface area (Å²) in [6.07, 6.45) is 2.59. The fourth-order valence-corrected chi connectivity index (χ4v) is 5.48. The van der Waals surface area contributed by atoms with E-state index in [-0.39, 0.29) is 22.5 Å². The molecule has 34 heavy (non-hydrogen) atoms. The van der Waals surface area contributed by atoms with Crippen molar-refractivity contribution in [3.63, 3.8) is 0 Å². The van der Waals surface area contributed by atoms with Gasteiger partial charge in [-0.15, -0.1) is 0 Å². The van der Waals surface area contributed by atoms with Crippen LogP contribution in [-0.4, -0.2) is 63.2 Å². The van der Waals surface area contributed by atoms with E-state index in [2.05, 4.69) is 18.7 Å². The molecular formula is C26H31FN4O2S. The number of benzene rings is 2. The Kier molecular flexibility index (Phi) is 8.00. The average Bonchev–Trinajstić information content (AvgIpc) is 2.87. The van der Waals surface area contributed by atoms with Crippen molar-refractivity contribution in [3.05, 3.63) is 64.7 Å². The quantitative estimate of drug-likeness (QED) is 0.353. The summed E-state index contributed by atoms with van der Waals surface area (Å²) in [5.41, 5.74) is 0.898. The number of carbonyl (C=O) groups excluding carboxylic acids is 1. The molecule has 0 saturated carbocycles. The van der Waals surface area contributed by atoms with Crippen molar-refractivity contribution in [1.82, 2.24) is 19.4 Å². The molecule has 0 bridgehead atoms. The van der Waals surface area contributed by atoms with Crippen molar-refractivity contribution < 1.29 is 9.18 Å². The van der Waals surface area contributed by atoms with Crippen molar-refractivity contribution >= 4 is 28.6 Å². The van der Waals surface area contributed by atoms with Crippen LogP contribution >= 0.6 is 11.8 Å². The van der Waals surface area contributed by atoms with E-state index < -0.39 is 0 Å². The topological polar surface area (TPSA) is 58.4 Å².